The Morgan fingerprint density at radius 3 is 2.75 bits per heavy atom. The van der Waals surface area contributed by atoms with E-state index in [1.807, 2.05) is 22.8 Å². The van der Waals surface area contributed by atoms with Crippen LogP contribution in [0.5, 0.6) is 5.75 Å². The van der Waals surface area contributed by atoms with E-state index in [2.05, 4.69) is 15.5 Å². The molecule has 4 rings (SSSR count). The highest BCUT2D eigenvalue weighted by Crippen LogP contribution is 2.31. The van der Waals surface area contributed by atoms with Crippen molar-refractivity contribution < 1.29 is 9.53 Å². The fourth-order valence-electron chi connectivity index (χ4n) is 3.99. The lowest BCUT2D eigenvalue weighted by atomic mass is 9.81. The van der Waals surface area contributed by atoms with Crippen molar-refractivity contribution in [3.05, 3.63) is 34.2 Å². The van der Waals surface area contributed by atoms with E-state index in [1.165, 1.54) is 11.3 Å². The molecule has 2 aromatic heterocycles. The van der Waals surface area contributed by atoms with Gasteiger partial charge in [0.2, 0.25) is 11.0 Å². The Bertz CT molecular complexity index is 1030. The minimum atomic E-state index is -0.0145. The van der Waals surface area contributed by atoms with Gasteiger partial charge >= 0.3 is 5.69 Å². The van der Waals surface area contributed by atoms with Crippen LogP contribution in [-0.2, 0) is 18.4 Å². The fourth-order valence-corrected chi connectivity index (χ4v) is 4.44. The minimum absolute atomic E-state index is 0.00974. The third kappa shape index (κ3) is 3.54. The summed E-state index contributed by atoms with van der Waals surface area (Å²) in [5.74, 6) is 1.12. The molecule has 0 spiro atoms. The first kappa shape index (κ1) is 18.7. The maximum Gasteiger partial charge on any atom is 0.328 e. The van der Waals surface area contributed by atoms with Crippen molar-refractivity contribution in [2.45, 2.75) is 32.2 Å². The predicted molar refractivity (Wildman–Crippen MR) is 108 cm³/mol. The van der Waals surface area contributed by atoms with Crippen LogP contribution >= 0.6 is 11.3 Å². The number of benzene rings is 1. The standard InChI is InChI=1S/C19H23N5O3S/c1-23-15-8-7-14(27-2)9-16(15)24(19(23)26)10-12-3-5-13(6-4-12)17(25)21-18-22-20-11-28-18/h7-9,11-13H,3-6,10H2,1-2H3,(H,21,22,25). The van der Waals surface area contributed by atoms with E-state index >= 15 is 0 Å². The number of imidazole rings is 1. The summed E-state index contributed by atoms with van der Waals surface area (Å²) in [5.41, 5.74) is 3.38. The van der Waals surface area contributed by atoms with Crippen LogP contribution in [0, 0.1) is 11.8 Å². The molecule has 1 aliphatic rings. The number of amides is 1. The van der Waals surface area contributed by atoms with Gasteiger partial charge in [0.15, 0.2) is 0 Å². The molecule has 0 aliphatic heterocycles. The van der Waals surface area contributed by atoms with Crippen LogP contribution in [0.15, 0.2) is 28.5 Å². The molecule has 2 heterocycles. The molecule has 1 aromatic carbocycles. The number of methoxy groups -OCH3 is 1. The highest BCUT2D eigenvalue weighted by atomic mass is 32.1. The third-order valence-electron chi connectivity index (χ3n) is 5.60. The molecule has 0 saturated heterocycles. The lowest BCUT2D eigenvalue weighted by Crippen LogP contribution is -2.30. The van der Waals surface area contributed by atoms with Crippen molar-refractivity contribution in [2.24, 2.45) is 18.9 Å². The summed E-state index contributed by atoms with van der Waals surface area (Å²) in [6.45, 7) is 0.661. The van der Waals surface area contributed by atoms with Crippen LogP contribution in [-0.4, -0.2) is 32.3 Å². The Morgan fingerprint density at radius 2 is 2.07 bits per heavy atom. The van der Waals surface area contributed by atoms with Gasteiger partial charge in [-0.2, -0.15) is 0 Å². The van der Waals surface area contributed by atoms with Gasteiger partial charge in [-0.15, -0.1) is 10.2 Å². The Balaban J connectivity index is 1.44. The van der Waals surface area contributed by atoms with Gasteiger partial charge in [-0.05, 0) is 43.7 Å². The maximum atomic E-state index is 12.7. The van der Waals surface area contributed by atoms with Gasteiger partial charge in [-0.3, -0.25) is 13.9 Å². The monoisotopic (exact) mass is 401 g/mol. The van der Waals surface area contributed by atoms with Crippen LogP contribution in [0.2, 0.25) is 0 Å². The van der Waals surface area contributed by atoms with Crippen LogP contribution < -0.4 is 15.7 Å². The first-order valence-corrected chi connectivity index (χ1v) is 10.2. The number of nitrogens with zero attached hydrogens (tertiary/aromatic N) is 4. The van der Waals surface area contributed by atoms with Crippen LogP contribution in [0.3, 0.4) is 0 Å². The normalized spacial score (nSPS) is 19.6. The molecule has 0 unspecified atom stereocenters. The molecule has 1 amide bonds. The van der Waals surface area contributed by atoms with Crippen molar-refractivity contribution >= 4 is 33.4 Å². The number of rotatable bonds is 5. The molecule has 28 heavy (non-hydrogen) atoms. The molecule has 1 fully saturated rings. The molecule has 3 aromatic rings. The summed E-state index contributed by atoms with van der Waals surface area (Å²) < 4.78 is 8.84. The SMILES string of the molecule is COc1ccc2c(c1)n(CC1CCC(C(=O)Nc3nncs3)CC1)c(=O)n2C. The zero-order valence-electron chi connectivity index (χ0n) is 15.9. The lowest BCUT2D eigenvalue weighted by Gasteiger charge is -2.27. The van der Waals surface area contributed by atoms with Crippen molar-refractivity contribution in [3.8, 4) is 5.75 Å². The average Bonchev–Trinajstić information content (AvgIpc) is 3.31. The van der Waals surface area contributed by atoms with E-state index < -0.39 is 0 Å². The minimum Gasteiger partial charge on any atom is -0.497 e. The van der Waals surface area contributed by atoms with E-state index in [4.69, 9.17) is 4.74 Å². The summed E-state index contributed by atoms with van der Waals surface area (Å²) in [5, 5.41) is 11.0. The zero-order chi connectivity index (χ0) is 19.7. The van der Waals surface area contributed by atoms with Gasteiger partial charge in [0.1, 0.15) is 11.3 Å². The number of hydrogen-bond donors (Lipinski definition) is 1. The van der Waals surface area contributed by atoms with Gasteiger partial charge in [0.05, 0.1) is 18.1 Å². The predicted octanol–water partition coefficient (Wildman–Crippen LogP) is 2.65. The van der Waals surface area contributed by atoms with Crippen LogP contribution in [0.1, 0.15) is 25.7 Å². The molecule has 8 nitrogen and oxygen atoms in total. The molecule has 0 bridgehead atoms. The number of carbonyl (C=O) groups is 1. The fraction of sp³-hybridized carbons (Fsp3) is 0.474. The first-order chi connectivity index (χ1) is 13.6. The Labute approximate surface area is 166 Å². The van der Waals surface area contributed by atoms with E-state index in [0.717, 1.165) is 42.5 Å². The second kappa shape index (κ2) is 7.75. The number of hydrogen-bond acceptors (Lipinski definition) is 6. The highest BCUT2D eigenvalue weighted by molar-refractivity contribution is 7.13. The van der Waals surface area contributed by atoms with E-state index in [9.17, 15) is 9.59 Å². The molecule has 1 N–H and O–H groups in total. The molecule has 0 radical (unpaired) electrons. The van der Waals surface area contributed by atoms with Gasteiger partial charge in [0, 0.05) is 25.6 Å². The number of fused-ring (bicyclic) bond motifs is 1. The van der Waals surface area contributed by atoms with Crippen molar-refractivity contribution in [2.75, 3.05) is 12.4 Å². The smallest absolute Gasteiger partial charge is 0.328 e. The average molecular weight is 401 g/mol. The number of anilines is 1. The number of aromatic nitrogens is 4. The number of nitrogens with one attached hydrogen (secondary N) is 1. The second-order valence-corrected chi connectivity index (χ2v) is 8.09. The number of aryl methyl sites for hydroxylation is 1. The number of carbonyl (C=O) groups excluding carboxylic acids is 1. The Kier molecular flexibility index (Phi) is 5.17. The largest absolute Gasteiger partial charge is 0.497 e. The van der Waals surface area contributed by atoms with Crippen molar-refractivity contribution in [1.82, 2.24) is 19.3 Å². The summed E-state index contributed by atoms with van der Waals surface area (Å²) in [4.78, 5) is 25.1. The molecule has 1 saturated carbocycles. The number of ether oxygens (including phenoxy) is 1. The van der Waals surface area contributed by atoms with Crippen LogP contribution in [0.4, 0.5) is 5.13 Å². The molecule has 0 atom stereocenters. The zero-order valence-corrected chi connectivity index (χ0v) is 16.7. The molecule has 9 heteroatoms. The van der Waals surface area contributed by atoms with Gasteiger partial charge < -0.3 is 10.1 Å². The first-order valence-electron chi connectivity index (χ1n) is 9.37. The lowest BCUT2D eigenvalue weighted by molar-refractivity contribution is -0.121. The second-order valence-electron chi connectivity index (χ2n) is 7.26. The van der Waals surface area contributed by atoms with Crippen molar-refractivity contribution in [1.29, 1.82) is 0 Å². The maximum absolute atomic E-state index is 12.7. The van der Waals surface area contributed by atoms with Gasteiger partial charge in [-0.25, -0.2) is 4.79 Å². The molecule has 1 aliphatic carbocycles. The Morgan fingerprint density at radius 1 is 1.29 bits per heavy atom. The summed E-state index contributed by atoms with van der Waals surface area (Å²) >= 11 is 1.32. The van der Waals surface area contributed by atoms with Gasteiger partial charge in [0.25, 0.3) is 0 Å². The van der Waals surface area contributed by atoms with E-state index in [0.29, 0.717) is 17.6 Å². The topological polar surface area (TPSA) is 91.0 Å². The van der Waals surface area contributed by atoms with Gasteiger partial charge in [-0.1, -0.05) is 11.3 Å². The molecular weight excluding hydrogens is 378 g/mol. The molecular formula is C19H23N5O3S. The summed E-state index contributed by atoms with van der Waals surface area (Å²) in [6, 6.07) is 5.70. The quantitative estimate of drug-likeness (QED) is 0.710. The van der Waals surface area contributed by atoms with E-state index in [-0.39, 0.29) is 17.5 Å². The highest BCUT2D eigenvalue weighted by Gasteiger charge is 2.28. The van der Waals surface area contributed by atoms with Crippen LogP contribution in [0.25, 0.3) is 11.0 Å². The summed E-state index contributed by atoms with van der Waals surface area (Å²) in [7, 11) is 3.42. The Hall–Kier alpha value is -2.68. The molecule has 148 valence electrons. The van der Waals surface area contributed by atoms with E-state index in [1.54, 1.807) is 24.2 Å². The van der Waals surface area contributed by atoms with Crippen molar-refractivity contribution in [3.63, 3.8) is 0 Å². The third-order valence-corrected chi connectivity index (χ3v) is 6.21. The summed E-state index contributed by atoms with van der Waals surface area (Å²) in [6.07, 6.45) is 3.47.